The van der Waals surface area contributed by atoms with Gasteiger partial charge in [0.15, 0.2) is 0 Å². The van der Waals surface area contributed by atoms with Crippen LogP contribution in [0, 0.1) is 0 Å². The second kappa shape index (κ2) is 4.82. The Morgan fingerprint density at radius 2 is 1.84 bits per heavy atom. The molecule has 0 atom stereocenters. The van der Waals surface area contributed by atoms with Crippen LogP contribution in [0.3, 0.4) is 0 Å². The molecule has 1 aliphatic rings. The van der Waals surface area contributed by atoms with E-state index in [1.165, 1.54) is 12.3 Å². The smallest absolute Gasteiger partial charge is 0.487 e. The molecule has 0 bridgehead atoms. The van der Waals surface area contributed by atoms with E-state index in [2.05, 4.69) is 4.98 Å². The first kappa shape index (κ1) is 14.4. The molecule has 0 spiro atoms. The molecule has 4 nitrogen and oxygen atoms in total. The molecule has 2 rings (SSSR count). The monoisotopic (exact) mass is 281 g/mol. The predicted molar refractivity (Wildman–Crippen MR) is 76.0 cm³/mol. The van der Waals surface area contributed by atoms with Crippen LogP contribution < -0.4 is 0 Å². The molecule has 0 radical (unpaired) electrons. The van der Waals surface area contributed by atoms with Gasteiger partial charge in [-0.25, -0.2) is 0 Å². The van der Waals surface area contributed by atoms with E-state index in [0.29, 0.717) is 10.7 Å². The number of aromatic nitrogens is 1. The summed E-state index contributed by atoms with van der Waals surface area (Å²) in [7, 11) is -0.457. The third-order valence-corrected chi connectivity index (χ3v) is 3.75. The highest BCUT2D eigenvalue weighted by atomic mass is 35.5. The van der Waals surface area contributed by atoms with Crippen LogP contribution in [0.1, 0.15) is 33.4 Å². The molecule has 1 aliphatic heterocycles. The van der Waals surface area contributed by atoms with Crippen LogP contribution in [0.5, 0.6) is 5.75 Å². The largest absolute Gasteiger partial charge is 0.506 e. The van der Waals surface area contributed by atoms with E-state index in [1.807, 2.05) is 27.7 Å². The fourth-order valence-corrected chi connectivity index (χ4v) is 1.86. The van der Waals surface area contributed by atoms with Gasteiger partial charge in [-0.15, -0.1) is 0 Å². The van der Waals surface area contributed by atoms with Crippen LogP contribution in [0.4, 0.5) is 0 Å². The molecule has 0 unspecified atom stereocenters. The predicted octanol–water partition coefficient (Wildman–Crippen LogP) is 3.09. The molecule has 0 aromatic carbocycles. The molecule has 0 aliphatic carbocycles. The average molecular weight is 282 g/mol. The number of nitrogens with zero attached hydrogens (tertiary/aromatic N) is 1. The molecule has 2 heterocycles. The van der Waals surface area contributed by atoms with E-state index in [0.717, 1.165) is 0 Å². The lowest BCUT2D eigenvalue weighted by Crippen LogP contribution is -2.41. The van der Waals surface area contributed by atoms with Gasteiger partial charge in [0.2, 0.25) is 0 Å². The third-order valence-electron chi connectivity index (χ3n) is 3.55. The Hall–Kier alpha value is -1.04. The molecular formula is C13H17BClNO3. The second-order valence-corrected chi connectivity index (χ2v) is 5.98. The number of aromatic hydroxyl groups is 1. The van der Waals surface area contributed by atoms with Crippen LogP contribution in [-0.4, -0.2) is 28.4 Å². The molecule has 0 amide bonds. The van der Waals surface area contributed by atoms with Crippen molar-refractivity contribution in [1.29, 1.82) is 0 Å². The van der Waals surface area contributed by atoms with Crippen LogP contribution in [0.15, 0.2) is 18.2 Å². The van der Waals surface area contributed by atoms with E-state index in [9.17, 15) is 5.11 Å². The Labute approximate surface area is 118 Å². The minimum Gasteiger partial charge on any atom is -0.506 e. The van der Waals surface area contributed by atoms with Crippen molar-refractivity contribution < 1.29 is 14.4 Å². The molecular weight excluding hydrogens is 264 g/mol. The Kier molecular flexibility index (Phi) is 3.64. The highest BCUT2D eigenvalue weighted by Gasteiger charge is 2.50. The van der Waals surface area contributed by atoms with Crippen molar-refractivity contribution in [2.75, 3.05) is 0 Å². The molecule has 1 fully saturated rings. The summed E-state index contributed by atoms with van der Waals surface area (Å²) >= 11 is 5.72. The summed E-state index contributed by atoms with van der Waals surface area (Å²) in [5.74, 6) is 1.76. The van der Waals surface area contributed by atoms with E-state index >= 15 is 0 Å². The Morgan fingerprint density at radius 1 is 1.26 bits per heavy atom. The van der Waals surface area contributed by atoms with E-state index in [4.69, 9.17) is 20.9 Å². The molecule has 6 heteroatoms. The number of pyridine rings is 1. The van der Waals surface area contributed by atoms with Crippen LogP contribution in [0.25, 0.3) is 6.08 Å². The summed E-state index contributed by atoms with van der Waals surface area (Å²) in [6.07, 6.45) is 3.14. The van der Waals surface area contributed by atoms with Gasteiger partial charge in [0.25, 0.3) is 0 Å². The second-order valence-electron chi connectivity index (χ2n) is 5.54. The van der Waals surface area contributed by atoms with Crippen molar-refractivity contribution >= 4 is 24.8 Å². The Morgan fingerprint density at radius 3 is 2.37 bits per heavy atom. The van der Waals surface area contributed by atoms with Gasteiger partial charge in [0.05, 0.1) is 16.2 Å². The zero-order chi connectivity index (χ0) is 14.3. The van der Waals surface area contributed by atoms with Gasteiger partial charge in [-0.1, -0.05) is 17.6 Å². The number of hydrogen-bond donors (Lipinski definition) is 1. The summed E-state index contributed by atoms with van der Waals surface area (Å²) in [6, 6.07) is 1.44. The van der Waals surface area contributed by atoms with Gasteiger partial charge in [0.1, 0.15) is 11.4 Å². The highest BCUT2D eigenvalue weighted by Crippen LogP contribution is 2.37. The highest BCUT2D eigenvalue weighted by molar-refractivity contribution is 6.52. The zero-order valence-corrected chi connectivity index (χ0v) is 12.2. The summed E-state index contributed by atoms with van der Waals surface area (Å²) < 4.78 is 11.6. The lowest BCUT2D eigenvalue weighted by atomic mass is 9.89. The first-order valence-corrected chi connectivity index (χ1v) is 6.47. The van der Waals surface area contributed by atoms with Crippen molar-refractivity contribution in [3.05, 3.63) is 29.0 Å². The average Bonchev–Trinajstić information content (AvgIpc) is 2.46. The fourth-order valence-electron chi connectivity index (χ4n) is 1.70. The topological polar surface area (TPSA) is 51.6 Å². The zero-order valence-electron chi connectivity index (χ0n) is 11.5. The summed E-state index contributed by atoms with van der Waals surface area (Å²) in [4.78, 5) is 4.03. The molecule has 1 aromatic heterocycles. The fraction of sp³-hybridized carbons (Fsp3) is 0.462. The maximum atomic E-state index is 9.69. The SMILES string of the molecule is CC1(C)OB(/C=C/c2ncc(Cl)cc2O)OC1(C)C. The van der Waals surface area contributed by atoms with Crippen LogP contribution >= 0.6 is 11.6 Å². The molecule has 1 aromatic rings. The van der Waals surface area contributed by atoms with Crippen molar-refractivity contribution in [3.8, 4) is 5.75 Å². The van der Waals surface area contributed by atoms with E-state index in [1.54, 1.807) is 12.1 Å². The van der Waals surface area contributed by atoms with Gasteiger partial charge in [-0.2, -0.15) is 0 Å². The van der Waals surface area contributed by atoms with Gasteiger partial charge in [0, 0.05) is 12.3 Å². The quantitative estimate of drug-likeness (QED) is 0.846. The van der Waals surface area contributed by atoms with Gasteiger partial charge in [-0.05, 0) is 33.8 Å². The van der Waals surface area contributed by atoms with Gasteiger partial charge < -0.3 is 14.4 Å². The maximum Gasteiger partial charge on any atom is 0.487 e. The summed E-state index contributed by atoms with van der Waals surface area (Å²) in [6.45, 7) is 7.94. The first-order valence-electron chi connectivity index (χ1n) is 6.10. The Balaban J connectivity index is 2.13. The number of halogens is 1. The molecule has 19 heavy (non-hydrogen) atoms. The standard InChI is InChI=1S/C13H17BClNO3/c1-12(2)13(3,4)19-14(18-12)6-5-10-11(17)7-9(15)8-16-10/h5-8,17H,1-4H3/b6-5+. The van der Waals surface area contributed by atoms with Crippen LogP contribution in [-0.2, 0) is 9.31 Å². The van der Waals surface area contributed by atoms with Crippen molar-refractivity contribution in [2.24, 2.45) is 0 Å². The van der Waals surface area contributed by atoms with Gasteiger partial charge >= 0.3 is 7.12 Å². The minimum absolute atomic E-state index is 0.0280. The normalized spacial score (nSPS) is 21.2. The van der Waals surface area contributed by atoms with Gasteiger partial charge in [-0.3, -0.25) is 4.98 Å². The van der Waals surface area contributed by atoms with E-state index < -0.39 is 7.12 Å². The Bertz CT molecular complexity index is 501. The number of rotatable bonds is 2. The van der Waals surface area contributed by atoms with Crippen molar-refractivity contribution in [2.45, 2.75) is 38.9 Å². The molecule has 1 saturated heterocycles. The van der Waals surface area contributed by atoms with E-state index in [-0.39, 0.29) is 17.0 Å². The first-order chi connectivity index (χ1) is 8.71. The van der Waals surface area contributed by atoms with Crippen molar-refractivity contribution in [1.82, 2.24) is 4.98 Å². The molecule has 0 saturated carbocycles. The third kappa shape index (κ3) is 2.94. The minimum atomic E-state index is -0.457. The van der Waals surface area contributed by atoms with Crippen LogP contribution in [0.2, 0.25) is 5.02 Å². The molecule has 102 valence electrons. The summed E-state index contributed by atoms with van der Waals surface area (Å²) in [5.41, 5.74) is -0.325. The molecule has 1 N–H and O–H groups in total. The lowest BCUT2D eigenvalue weighted by molar-refractivity contribution is 0.00578. The van der Waals surface area contributed by atoms with Crippen molar-refractivity contribution in [3.63, 3.8) is 0 Å². The summed E-state index contributed by atoms with van der Waals surface area (Å²) in [5, 5.41) is 10.1. The number of hydrogen-bond acceptors (Lipinski definition) is 4. The lowest BCUT2D eigenvalue weighted by Gasteiger charge is -2.32. The maximum absolute atomic E-state index is 9.69.